The molecule has 6 heteroatoms. The largest absolute Gasteiger partial charge is 0.464 e. The highest BCUT2D eigenvalue weighted by Crippen LogP contribution is 2.29. The summed E-state index contributed by atoms with van der Waals surface area (Å²) in [7, 11) is 0. The fraction of sp³-hybridized carbons (Fsp3) is 0.133. The van der Waals surface area contributed by atoms with Crippen LogP contribution in [0.15, 0.2) is 53.3 Å². The zero-order chi connectivity index (χ0) is 14.9. The molecule has 0 atom stereocenters. The van der Waals surface area contributed by atoms with Gasteiger partial charge in [-0.3, -0.25) is 0 Å². The van der Waals surface area contributed by atoms with Crippen LogP contribution in [0, 0.1) is 0 Å². The molecule has 21 heavy (non-hydrogen) atoms. The van der Waals surface area contributed by atoms with Gasteiger partial charge in [-0.05, 0) is 29.8 Å². The Kier molecular flexibility index (Phi) is 3.29. The van der Waals surface area contributed by atoms with Gasteiger partial charge in [0.25, 0.3) is 0 Å². The summed E-state index contributed by atoms with van der Waals surface area (Å²) in [5, 5.41) is 3.93. The number of fused-ring (bicyclic) bond motifs is 1. The number of halogens is 3. The maximum absolute atomic E-state index is 12.5. The predicted molar refractivity (Wildman–Crippen MR) is 72.8 cm³/mol. The number of rotatable bonds is 3. The summed E-state index contributed by atoms with van der Waals surface area (Å²) in [6, 6.07) is 8.58. The average molecular weight is 292 g/mol. The minimum atomic E-state index is -4.31. The summed E-state index contributed by atoms with van der Waals surface area (Å²) in [5.41, 5.74) is 0.798. The lowest BCUT2D eigenvalue weighted by molar-refractivity contribution is -0.137. The van der Waals surface area contributed by atoms with Crippen LogP contribution in [-0.2, 0) is 12.7 Å². The van der Waals surface area contributed by atoms with Crippen molar-refractivity contribution in [2.75, 3.05) is 5.32 Å². The topological polar surface area (TPSA) is 38.1 Å². The summed E-state index contributed by atoms with van der Waals surface area (Å²) < 4.78 is 42.7. The highest BCUT2D eigenvalue weighted by atomic mass is 19.4. The van der Waals surface area contributed by atoms with Gasteiger partial charge >= 0.3 is 6.18 Å². The van der Waals surface area contributed by atoms with Gasteiger partial charge in [-0.2, -0.15) is 13.2 Å². The molecule has 1 aromatic carbocycles. The molecule has 0 saturated heterocycles. The Hall–Kier alpha value is -2.50. The van der Waals surface area contributed by atoms with Crippen molar-refractivity contribution in [3.8, 4) is 0 Å². The van der Waals surface area contributed by atoms with Crippen molar-refractivity contribution in [3.05, 3.63) is 60.0 Å². The smallest absolute Gasteiger partial charge is 0.416 e. The van der Waals surface area contributed by atoms with Crippen LogP contribution in [0.1, 0.15) is 11.1 Å². The van der Waals surface area contributed by atoms with Gasteiger partial charge < -0.3 is 9.73 Å². The molecule has 0 radical (unpaired) electrons. The van der Waals surface area contributed by atoms with Gasteiger partial charge in [0.1, 0.15) is 11.4 Å². The van der Waals surface area contributed by atoms with Crippen molar-refractivity contribution in [1.29, 1.82) is 0 Å². The molecule has 0 aliphatic carbocycles. The quantitative estimate of drug-likeness (QED) is 0.774. The molecule has 1 N–H and O–H groups in total. The molecule has 0 amide bonds. The number of hydrogen-bond donors (Lipinski definition) is 1. The first kappa shape index (κ1) is 13.5. The monoisotopic (exact) mass is 292 g/mol. The molecule has 0 aliphatic heterocycles. The zero-order valence-electron chi connectivity index (χ0n) is 10.8. The highest BCUT2D eigenvalue weighted by molar-refractivity contribution is 5.87. The van der Waals surface area contributed by atoms with Gasteiger partial charge in [0, 0.05) is 12.7 Å². The highest BCUT2D eigenvalue weighted by Gasteiger charge is 2.29. The third-order valence-corrected chi connectivity index (χ3v) is 3.12. The van der Waals surface area contributed by atoms with Gasteiger partial charge in [-0.15, -0.1) is 0 Å². The molecule has 2 heterocycles. The predicted octanol–water partition coefficient (Wildman–Crippen LogP) is 4.46. The van der Waals surface area contributed by atoms with Crippen LogP contribution < -0.4 is 5.32 Å². The molecular weight excluding hydrogens is 281 g/mol. The summed E-state index contributed by atoms with van der Waals surface area (Å²) in [4.78, 5) is 4.20. The summed E-state index contributed by atoms with van der Waals surface area (Å²) in [5.74, 6) is 0.640. The Bertz CT molecular complexity index is 747. The Morgan fingerprint density at radius 2 is 1.81 bits per heavy atom. The Morgan fingerprint density at radius 1 is 1.05 bits per heavy atom. The molecule has 3 aromatic rings. The van der Waals surface area contributed by atoms with E-state index < -0.39 is 11.7 Å². The summed E-state index contributed by atoms with van der Waals surface area (Å²) in [6.45, 7) is 0.384. The van der Waals surface area contributed by atoms with Crippen LogP contribution in [0.5, 0.6) is 0 Å². The third-order valence-electron chi connectivity index (χ3n) is 3.12. The lowest BCUT2D eigenvalue weighted by atomic mass is 10.1. The molecule has 0 saturated carbocycles. The number of furan rings is 1. The van der Waals surface area contributed by atoms with Crippen molar-refractivity contribution >= 4 is 16.8 Å². The lowest BCUT2D eigenvalue weighted by Gasteiger charge is -2.09. The zero-order valence-corrected chi connectivity index (χ0v) is 10.8. The molecule has 2 aromatic heterocycles. The van der Waals surface area contributed by atoms with Crippen molar-refractivity contribution in [1.82, 2.24) is 4.98 Å². The second kappa shape index (κ2) is 5.12. The molecule has 0 unspecified atom stereocenters. The van der Waals surface area contributed by atoms with Gasteiger partial charge in [0.05, 0.1) is 17.2 Å². The minimum absolute atomic E-state index is 0.384. The second-order valence-electron chi connectivity index (χ2n) is 4.54. The van der Waals surface area contributed by atoms with Gasteiger partial charge in [0.15, 0.2) is 0 Å². The molecular formula is C15H11F3N2O. The van der Waals surface area contributed by atoms with E-state index in [0.717, 1.165) is 23.1 Å². The molecule has 0 bridgehead atoms. The van der Waals surface area contributed by atoms with E-state index in [1.54, 1.807) is 24.6 Å². The number of benzene rings is 1. The average Bonchev–Trinajstić information content (AvgIpc) is 2.93. The summed E-state index contributed by atoms with van der Waals surface area (Å²) in [6.07, 6.45) is -1.13. The molecule has 3 rings (SSSR count). The van der Waals surface area contributed by atoms with Crippen molar-refractivity contribution in [2.45, 2.75) is 12.7 Å². The fourth-order valence-corrected chi connectivity index (χ4v) is 2.03. The van der Waals surface area contributed by atoms with Crippen LogP contribution in [-0.4, -0.2) is 4.98 Å². The van der Waals surface area contributed by atoms with Crippen LogP contribution in [0.2, 0.25) is 0 Å². The minimum Gasteiger partial charge on any atom is -0.464 e. The lowest BCUT2D eigenvalue weighted by Crippen LogP contribution is -2.06. The van der Waals surface area contributed by atoms with E-state index in [0.29, 0.717) is 17.9 Å². The maximum atomic E-state index is 12.5. The van der Waals surface area contributed by atoms with Crippen LogP contribution in [0.25, 0.3) is 11.0 Å². The molecule has 0 aliphatic rings. The third kappa shape index (κ3) is 2.84. The first-order chi connectivity index (χ1) is 10.0. The van der Waals surface area contributed by atoms with Crippen molar-refractivity contribution in [2.24, 2.45) is 0 Å². The number of alkyl halides is 3. The van der Waals surface area contributed by atoms with Crippen molar-refractivity contribution in [3.63, 3.8) is 0 Å². The van der Waals surface area contributed by atoms with E-state index in [1.165, 1.54) is 12.1 Å². The maximum Gasteiger partial charge on any atom is 0.416 e. The Labute approximate surface area is 118 Å². The first-order valence-electron chi connectivity index (χ1n) is 6.26. The number of hydrogen-bond acceptors (Lipinski definition) is 3. The number of anilines is 1. The number of nitrogens with zero attached hydrogens (tertiary/aromatic N) is 1. The van der Waals surface area contributed by atoms with E-state index in [1.807, 2.05) is 0 Å². The first-order valence-corrected chi connectivity index (χ1v) is 6.26. The normalized spacial score (nSPS) is 11.8. The van der Waals surface area contributed by atoms with E-state index in [9.17, 15) is 13.2 Å². The van der Waals surface area contributed by atoms with Crippen molar-refractivity contribution < 1.29 is 17.6 Å². The molecule has 3 nitrogen and oxygen atoms in total. The van der Waals surface area contributed by atoms with E-state index in [2.05, 4.69) is 10.3 Å². The molecule has 0 fully saturated rings. The molecule has 108 valence electrons. The number of pyridine rings is 1. The van der Waals surface area contributed by atoms with Gasteiger partial charge in [-0.1, -0.05) is 12.1 Å². The number of nitrogens with one attached hydrogen (secondary N) is 1. The van der Waals surface area contributed by atoms with Crippen LogP contribution >= 0.6 is 0 Å². The van der Waals surface area contributed by atoms with Crippen LogP contribution in [0.3, 0.4) is 0 Å². The summed E-state index contributed by atoms with van der Waals surface area (Å²) >= 11 is 0. The molecule has 0 spiro atoms. The SMILES string of the molecule is FC(F)(F)c1ccc(CNc2nccc3occc23)cc1. The number of aromatic nitrogens is 1. The van der Waals surface area contributed by atoms with Gasteiger partial charge in [0.2, 0.25) is 0 Å². The van der Waals surface area contributed by atoms with E-state index in [-0.39, 0.29) is 0 Å². The fourth-order valence-electron chi connectivity index (χ4n) is 2.03. The van der Waals surface area contributed by atoms with Crippen LogP contribution in [0.4, 0.5) is 19.0 Å². The second-order valence-corrected chi connectivity index (χ2v) is 4.54. The van der Waals surface area contributed by atoms with Gasteiger partial charge in [-0.25, -0.2) is 4.98 Å². The van der Waals surface area contributed by atoms with E-state index in [4.69, 9.17) is 4.42 Å². The van der Waals surface area contributed by atoms with E-state index >= 15 is 0 Å². The standard InChI is InChI=1S/C15H11F3N2O/c16-15(17,18)11-3-1-10(2-4-11)9-20-14-12-6-8-21-13(12)5-7-19-14/h1-8H,9H2,(H,19,20). The Morgan fingerprint density at radius 3 is 2.52 bits per heavy atom. The Balaban J connectivity index is 1.74.